The van der Waals surface area contributed by atoms with E-state index >= 15 is 0 Å². The van der Waals surface area contributed by atoms with Gasteiger partial charge in [0.15, 0.2) is 0 Å². The summed E-state index contributed by atoms with van der Waals surface area (Å²) in [5.41, 5.74) is 4.69. The third-order valence-electron chi connectivity index (χ3n) is 6.22. The number of carbonyl (C=O) groups is 1. The van der Waals surface area contributed by atoms with Gasteiger partial charge in [0.25, 0.3) is 0 Å². The number of fused-ring (bicyclic) bond motifs is 3. The van der Waals surface area contributed by atoms with Gasteiger partial charge in [-0.05, 0) is 25.5 Å². The molecule has 0 aliphatic rings. The van der Waals surface area contributed by atoms with Crippen LogP contribution in [0.25, 0.3) is 44.5 Å². The molecule has 2 heterocycles. The molecule has 5 aromatic rings. The van der Waals surface area contributed by atoms with Crippen LogP contribution in [0.4, 0.5) is 0 Å². The van der Waals surface area contributed by atoms with Crippen LogP contribution in [0.1, 0.15) is 37.0 Å². The summed E-state index contributed by atoms with van der Waals surface area (Å²) >= 11 is 0. The number of ether oxygens (including phenoxy) is 1. The SMILES string of the molecule is CCCCn1cc(C(=O)OCC)c(=O)c2c3nc(-c4ccccc4)c(-c4ccccc4)nc3ccc21. The average Bonchev–Trinajstić information content (AvgIpc) is 2.92. The molecule has 0 fully saturated rings. The first-order chi connectivity index (χ1) is 17.6. The lowest BCUT2D eigenvalue weighted by Gasteiger charge is -2.15. The molecule has 0 saturated carbocycles. The van der Waals surface area contributed by atoms with Crippen molar-refractivity contribution in [2.24, 2.45) is 0 Å². The molecule has 0 aliphatic carbocycles. The molecule has 0 radical (unpaired) electrons. The number of pyridine rings is 1. The van der Waals surface area contributed by atoms with Gasteiger partial charge in [-0.15, -0.1) is 0 Å². The number of unbranched alkanes of at least 4 members (excludes halogenated alkanes) is 1. The number of hydrogen-bond acceptors (Lipinski definition) is 5. The molecule has 0 saturated heterocycles. The lowest BCUT2D eigenvalue weighted by atomic mass is 10.0. The molecule has 0 atom stereocenters. The standard InChI is InChI=1S/C30H27N3O3/c1-3-5-18-33-19-22(30(35)36-4-2)29(34)25-24(33)17-16-23-28(25)32-27(21-14-10-7-11-15-21)26(31-23)20-12-8-6-9-13-20/h6-17,19H,3-5,18H2,1-2H3. The van der Waals surface area contributed by atoms with E-state index in [0.29, 0.717) is 28.7 Å². The van der Waals surface area contributed by atoms with Gasteiger partial charge in [0.05, 0.1) is 34.4 Å². The summed E-state index contributed by atoms with van der Waals surface area (Å²) in [5.74, 6) is -0.621. The maximum atomic E-state index is 13.7. The fourth-order valence-corrected chi connectivity index (χ4v) is 4.46. The number of aromatic nitrogens is 3. The van der Waals surface area contributed by atoms with Crippen LogP contribution < -0.4 is 5.43 Å². The number of hydrogen-bond donors (Lipinski definition) is 0. The second kappa shape index (κ2) is 10.1. The first-order valence-electron chi connectivity index (χ1n) is 12.3. The van der Waals surface area contributed by atoms with Crippen molar-refractivity contribution in [2.75, 3.05) is 6.61 Å². The van der Waals surface area contributed by atoms with Gasteiger partial charge in [-0.1, -0.05) is 74.0 Å². The maximum Gasteiger partial charge on any atom is 0.343 e. The minimum atomic E-state index is -0.621. The van der Waals surface area contributed by atoms with Crippen molar-refractivity contribution in [3.05, 3.63) is 94.8 Å². The Kier molecular flexibility index (Phi) is 6.58. The van der Waals surface area contributed by atoms with Crippen LogP contribution >= 0.6 is 0 Å². The quantitative estimate of drug-likeness (QED) is 0.204. The zero-order valence-corrected chi connectivity index (χ0v) is 20.4. The third-order valence-corrected chi connectivity index (χ3v) is 6.22. The van der Waals surface area contributed by atoms with Crippen molar-refractivity contribution in [3.8, 4) is 22.5 Å². The van der Waals surface area contributed by atoms with E-state index in [-0.39, 0.29) is 17.6 Å². The molecule has 5 rings (SSSR count). The van der Waals surface area contributed by atoms with Gasteiger partial charge in [-0.2, -0.15) is 0 Å². The third kappa shape index (κ3) is 4.26. The Morgan fingerprint density at radius 3 is 2.11 bits per heavy atom. The van der Waals surface area contributed by atoms with Gasteiger partial charge in [0.2, 0.25) is 5.43 Å². The molecule has 0 aliphatic heterocycles. The van der Waals surface area contributed by atoms with Gasteiger partial charge in [0.1, 0.15) is 11.1 Å². The van der Waals surface area contributed by atoms with Crippen LogP contribution in [0.15, 0.2) is 83.8 Å². The number of rotatable bonds is 7. The lowest BCUT2D eigenvalue weighted by molar-refractivity contribution is 0.0524. The Morgan fingerprint density at radius 2 is 1.50 bits per heavy atom. The highest BCUT2D eigenvalue weighted by Gasteiger charge is 2.21. The minimum Gasteiger partial charge on any atom is -0.462 e. The molecule has 0 unspecified atom stereocenters. The number of benzene rings is 3. The summed E-state index contributed by atoms with van der Waals surface area (Å²) in [6.07, 6.45) is 3.51. The molecule has 2 aromatic heterocycles. The van der Waals surface area contributed by atoms with E-state index < -0.39 is 5.97 Å². The Morgan fingerprint density at radius 1 is 0.861 bits per heavy atom. The Labute approximate surface area is 209 Å². The van der Waals surface area contributed by atoms with Crippen LogP contribution in [0.3, 0.4) is 0 Å². The smallest absolute Gasteiger partial charge is 0.343 e. The van der Waals surface area contributed by atoms with Gasteiger partial charge in [-0.3, -0.25) is 4.79 Å². The molecular weight excluding hydrogens is 450 g/mol. The van der Waals surface area contributed by atoms with E-state index in [1.54, 1.807) is 13.1 Å². The summed E-state index contributed by atoms with van der Waals surface area (Å²) in [7, 11) is 0. The van der Waals surface area contributed by atoms with Crippen molar-refractivity contribution < 1.29 is 9.53 Å². The largest absolute Gasteiger partial charge is 0.462 e. The molecule has 6 heteroatoms. The van der Waals surface area contributed by atoms with E-state index in [2.05, 4.69) is 6.92 Å². The average molecular weight is 478 g/mol. The second-order valence-electron chi connectivity index (χ2n) is 8.62. The van der Waals surface area contributed by atoms with Crippen molar-refractivity contribution in [2.45, 2.75) is 33.2 Å². The fourth-order valence-electron chi connectivity index (χ4n) is 4.46. The molecule has 180 valence electrons. The van der Waals surface area contributed by atoms with Gasteiger partial charge in [0, 0.05) is 23.9 Å². The van der Waals surface area contributed by atoms with Gasteiger partial charge in [-0.25, -0.2) is 14.8 Å². The van der Waals surface area contributed by atoms with Crippen molar-refractivity contribution in [1.29, 1.82) is 0 Å². The van der Waals surface area contributed by atoms with E-state index in [4.69, 9.17) is 14.7 Å². The summed E-state index contributed by atoms with van der Waals surface area (Å²) < 4.78 is 7.17. The van der Waals surface area contributed by atoms with Crippen LogP contribution in [0.5, 0.6) is 0 Å². The molecule has 6 nitrogen and oxygen atoms in total. The van der Waals surface area contributed by atoms with Gasteiger partial charge < -0.3 is 9.30 Å². The zero-order valence-electron chi connectivity index (χ0n) is 20.4. The Bertz CT molecular complexity index is 1610. The Hall–Kier alpha value is -4.32. The predicted octanol–water partition coefficient (Wildman–Crippen LogP) is 6.26. The summed E-state index contributed by atoms with van der Waals surface area (Å²) in [6, 6.07) is 23.5. The minimum absolute atomic E-state index is 0.0168. The highest BCUT2D eigenvalue weighted by Crippen LogP contribution is 2.32. The number of esters is 1. The molecule has 36 heavy (non-hydrogen) atoms. The Balaban J connectivity index is 1.88. The monoisotopic (exact) mass is 477 g/mol. The van der Waals surface area contributed by atoms with E-state index in [1.165, 1.54) is 0 Å². The van der Waals surface area contributed by atoms with Crippen molar-refractivity contribution in [3.63, 3.8) is 0 Å². The highest BCUT2D eigenvalue weighted by molar-refractivity contribution is 6.06. The molecule has 0 N–H and O–H groups in total. The van der Waals surface area contributed by atoms with Crippen LogP contribution in [0, 0.1) is 0 Å². The molecule has 0 amide bonds. The fraction of sp³-hybridized carbons (Fsp3) is 0.200. The van der Waals surface area contributed by atoms with E-state index in [1.807, 2.05) is 77.4 Å². The number of aryl methyl sites for hydroxylation is 1. The number of carbonyl (C=O) groups excluding carboxylic acids is 1. The molecular formula is C30H27N3O3. The molecule has 0 spiro atoms. The maximum absolute atomic E-state index is 13.7. The lowest BCUT2D eigenvalue weighted by Crippen LogP contribution is -2.21. The van der Waals surface area contributed by atoms with Crippen LogP contribution in [0.2, 0.25) is 0 Å². The summed E-state index contributed by atoms with van der Waals surface area (Å²) in [5, 5.41) is 0.387. The highest BCUT2D eigenvalue weighted by atomic mass is 16.5. The topological polar surface area (TPSA) is 74.1 Å². The summed E-state index contributed by atoms with van der Waals surface area (Å²) in [4.78, 5) is 36.5. The van der Waals surface area contributed by atoms with Gasteiger partial charge >= 0.3 is 5.97 Å². The van der Waals surface area contributed by atoms with E-state index in [0.717, 1.165) is 35.2 Å². The second-order valence-corrected chi connectivity index (χ2v) is 8.62. The van der Waals surface area contributed by atoms with E-state index in [9.17, 15) is 9.59 Å². The van der Waals surface area contributed by atoms with Crippen LogP contribution in [-0.4, -0.2) is 27.1 Å². The summed E-state index contributed by atoms with van der Waals surface area (Å²) in [6.45, 7) is 4.70. The normalized spacial score (nSPS) is 11.2. The van der Waals surface area contributed by atoms with Crippen molar-refractivity contribution >= 4 is 27.9 Å². The van der Waals surface area contributed by atoms with Crippen molar-refractivity contribution in [1.82, 2.24) is 14.5 Å². The number of nitrogens with zero attached hydrogens (tertiary/aromatic N) is 3. The first kappa shape index (κ1) is 23.4. The molecule has 3 aromatic carbocycles. The molecule has 0 bridgehead atoms. The first-order valence-corrected chi connectivity index (χ1v) is 12.3. The predicted molar refractivity (Wildman–Crippen MR) is 143 cm³/mol. The zero-order chi connectivity index (χ0) is 25.1. The van der Waals surface area contributed by atoms with Crippen LogP contribution in [-0.2, 0) is 11.3 Å².